The number of hydrogen-bond donors (Lipinski definition) is 2. The molecule has 4 rings (SSSR count). The number of ether oxygens (including phenoxy) is 1. The summed E-state index contributed by atoms with van der Waals surface area (Å²) < 4.78 is 29.7. The number of rotatable bonds is 7. The van der Waals surface area contributed by atoms with E-state index in [1.807, 2.05) is 6.08 Å². The standard InChI is InChI=1S/C23H34F2N6O/c1-13(2)29-19(11-18(26)14-8-20(32-23(24)25)22(27)28-12-14)21-16-9-15(10-17(16)21)31-6-4-30(3)5-7-31/h8,11-13,15-17,21,23H,4-7,9-10,26H2,1-3H3,(H2,27,28). The third-order valence-corrected chi connectivity index (χ3v) is 6.96. The summed E-state index contributed by atoms with van der Waals surface area (Å²) in [7, 11) is 2.18. The van der Waals surface area contributed by atoms with Crippen molar-refractivity contribution in [2.45, 2.75) is 45.4 Å². The zero-order valence-corrected chi connectivity index (χ0v) is 19.0. The summed E-state index contributed by atoms with van der Waals surface area (Å²) in [6, 6.07) is 2.22. The van der Waals surface area contributed by atoms with Gasteiger partial charge in [0, 0.05) is 67.3 Å². The van der Waals surface area contributed by atoms with E-state index in [4.69, 9.17) is 16.5 Å². The number of aromatic nitrogens is 1. The van der Waals surface area contributed by atoms with Crippen LogP contribution in [0, 0.1) is 17.8 Å². The molecule has 1 aromatic heterocycles. The Hall–Kier alpha value is -2.26. The van der Waals surface area contributed by atoms with E-state index in [2.05, 4.69) is 40.4 Å². The van der Waals surface area contributed by atoms with Gasteiger partial charge < -0.3 is 21.1 Å². The van der Waals surface area contributed by atoms with Crippen molar-refractivity contribution in [3.63, 3.8) is 0 Å². The SMILES string of the molecule is CC(C)N=C(C=C(N)c1cnc(N)c(OC(F)F)c1)C1C2CC(N3CCN(C)CC3)CC21. The molecule has 3 aliphatic rings. The molecule has 1 aliphatic heterocycles. The molecule has 2 aliphatic carbocycles. The molecule has 0 radical (unpaired) electrons. The van der Waals surface area contributed by atoms with Gasteiger partial charge in [-0.3, -0.25) is 9.89 Å². The van der Waals surface area contributed by atoms with E-state index < -0.39 is 6.61 Å². The van der Waals surface area contributed by atoms with Crippen molar-refractivity contribution in [3.8, 4) is 5.75 Å². The Kier molecular flexibility index (Phi) is 6.67. The second-order valence-electron chi connectivity index (χ2n) is 9.55. The third-order valence-electron chi connectivity index (χ3n) is 6.96. The van der Waals surface area contributed by atoms with Crippen LogP contribution < -0.4 is 16.2 Å². The predicted octanol–water partition coefficient (Wildman–Crippen LogP) is 2.69. The first kappa shape index (κ1) is 22.9. The molecule has 1 saturated heterocycles. The van der Waals surface area contributed by atoms with Gasteiger partial charge in [0.1, 0.15) is 0 Å². The average molecular weight is 449 g/mol. The third kappa shape index (κ3) is 5.04. The van der Waals surface area contributed by atoms with Crippen molar-refractivity contribution < 1.29 is 13.5 Å². The number of nitrogens with zero attached hydrogens (tertiary/aromatic N) is 4. The van der Waals surface area contributed by atoms with Gasteiger partial charge in [-0.1, -0.05) is 0 Å². The first-order valence-corrected chi connectivity index (χ1v) is 11.4. The highest BCUT2D eigenvalue weighted by Crippen LogP contribution is 2.59. The smallest absolute Gasteiger partial charge is 0.387 e. The molecular formula is C23H34F2N6O. The van der Waals surface area contributed by atoms with E-state index in [1.165, 1.54) is 25.1 Å². The zero-order chi connectivity index (χ0) is 23.0. The van der Waals surface area contributed by atoms with E-state index in [-0.39, 0.29) is 17.6 Å². The normalized spacial score (nSPS) is 29.6. The number of anilines is 1. The minimum Gasteiger partial charge on any atom is -0.431 e. The van der Waals surface area contributed by atoms with Crippen molar-refractivity contribution in [1.29, 1.82) is 0 Å². The Balaban J connectivity index is 1.46. The molecule has 2 saturated carbocycles. The molecule has 2 atom stereocenters. The number of nitrogen functional groups attached to an aromatic ring is 1. The van der Waals surface area contributed by atoms with Gasteiger partial charge >= 0.3 is 6.61 Å². The second kappa shape index (κ2) is 9.31. The summed E-state index contributed by atoms with van der Waals surface area (Å²) in [4.78, 5) is 13.9. The summed E-state index contributed by atoms with van der Waals surface area (Å²) in [5.41, 5.74) is 13.9. The number of pyridine rings is 1. The maximum atomic E-state index is 12.6. The van der Waals surface area contributed by atoms with Crippen LogP contribution in [-0.2, 0) is 0 Å². The molecule has 176 valence electrons. The van der Waals surface area contributed by atoms with E-state index >= 15 is 0 Å². The van der Waals surface area contributed by atoms with Gasteiger partial charge in [-0.05, 0) is 57.7 Å². The molecular weight excluding hydrogens is 414 g/mol. The lowest BCUT2D eigenvalue weighted by molar-refractivity contribution is -0.0495. The molecule has 2 heterocycles. The number of halogens is 2. The monoisotopic (exact) mass is 448 g/mol. The highest BCUT2D eigenvalue weighted by Gasteiger charge is 2.58. The van der Waals surface area contributed by atoms with Crippen LogP contribution in [-0.4, -0.2) is 72.4 Å². The van der Waals surface area contributed by atoms with Crippen molar-refractivity contribution in [3.05, 3.63) is 23.9 Å². The first-order valence-electron chi connectivity index (χ1n) is 11.4. The number of likely N-dealkylation sites (N-methyl/N-ethyl adjacent to an activating group) is 1. The van der Waals surface area contributed by atoms with Crippen molar-refractivity contribution >= 4 is 17.2 Å². The quantitative estimate of drug-likeness (QED) is 0.623. The van der Waals surface area contributed by atoms with E-state index in [9.17, 15) is 8.78 Å². The molecule has 9 heteroatoms. The van der Waals surface area contributed by atoms with Gasteiger partial charge in [0.25, 0.3) is 0 Å². The summed E-state index contributed by atoms with van der Waals surface area (Å²) in [6.07, 6.45) is 5.77. The maximum absolute atomic E-state index is 12.6. The minimum atomic E-state index is -2.98. The number of hydrogen-bond acceptors (Lipinski definition) is 7. The number of piperazine rings is 1. The van der Waals surface area contributed by atoms with Crippen LogP contribution >= 0.6 is 0 Å². The Morgan fingerprint density at radius 2 is 1.88 bits per heavy atom. The molecule has 7 nitrogen and oxygen atoms in total. The largest absolute Gasteiger partial charge is 0.431 e. The van der Waals surface area contributed by atoms with Crippen LogP contribution in [0.3, 0.4) is 0 Å². The lowest BCUT2D eigenvalue weighted by Gasteiger charge is -2.37. The molecule has 4 N–H and O–H groups in total. The van der Waals surface area contributed by atoms with Crippen LogP contribution in [0.1, 0.15) is 32.3 Å². The van der Waals surface area contributed by atoms with Crippen molar-refractivity contribution in [1.82, 2.24) is 14.8 Å². The van der Waals surface area contributed by atoms with Crippen LogP contribution in [0.2, 0.25) is 0 Å². The number of nitrogens with two attached hydrogens (primary N) is 2. The fourth-order valence-electron chi connectivity index (χ4n) is 5.30. The van der Waals surface area contributed by atoms with Crippen molar-refractivity contribution in [2.24, 2.45) is 28.5 Å². The van der Waals surface area contributed by atoms with E-state index in [1.54, 1.807) is 0 Å². The van der Waals surface area contributed by atoms with Gasteiger partial charge in [0.15, 0.2) is 11.6 Å². The summed E-state index contributed by atoms with van der Waals surface area (Å²) in [5.74, 6) is 1.43. The summed E-state index contributed by atoms with van der Waals surface area (Å²) in [5, 5.41) is 0. The predicted molar refractivity (Wildman–Crippen MR) is 123 cm³/mol. The van der Waals surface area contributed by atoms with Gasteiger partial charge in [0.2, 0.25) is 0 Å². The lowest BCUT2D eigenvalue weighted by Crippen LogP contribution is -2.48. The molecule has 0 bridgehead atoms. The first-order chi connectivity index (χ1) is 15.2. The highest BCUT2D eigenvalue weighted by atomic mass is 19.3. The number of fused-ring (bicyclic) bond motifs is 1. The van der Waals surface area contributed by atoms with Crippen LogP contribution in [0.4, 0.5) is 14.6 Å². The van der Waals surface area contributed by atoms with Crippen LogP contribution in [0.5, 0.6) is 5.75 Å². The number of alkyl halides is 2. The molecule has 0 amide bonds. The van der Waals surface area contributed by atoms with Crippen molar-refractivity contribution in [2.75, 3.05) is 39.0 Å². The van der Waals surface area contributed by atoms with Gasteiger partial charge in [-0.2, -0.15) is 8.78 Å². The average Bonchev–Trinajstić information content (AvgIpc) is 3.22. The Bertz CT molecular complexity index is 869. The van der Waals surface area contributed by atoms with Gasteiger partial charge in [-0.25, -0.2) is 4.98 Å². The van der Waals surface area contributed by atoms with Gasteiger partial charge in [0.05, 0.1) is 0 Å². The lowest BCUT2D eigenvalue weighted by atomic mass is 10.00. The highest BCUT2D eigenvalue weighted by molar-refractivity contribution is 6.04. The number of allylic oxidation sites excluding steroid dienone is 1. The Morgan fingerprint density at radius 1 is 1.22 bits per heavy atom. The topological polar surface area (TPSA) is 93.0 Å². The summed E-state index contributed by atoms with van der Waals surface area (Å²) >= 11 is 0. The molecule has 32 heavy (non-hydrogen) atoms. The number of aliphatic imine (C=N–C) groups is 1. The van der Waals surface area contributed by atoms with Crippen LogP contribution in [0.15, 0.2) is 23.3 Å². The summed E-state index contributed by atoms with van der Waals surface area (Å²) in [6.45, 7) is 5.71. The molecule has 3 fully saturated rings. The fourth-order valence-corrected chi connectivity index (χ4v) is 5.30. The van der Waals surface area contributed by atoms with E-state index in [0.29, 0.717) is 35.1 Å². The molecule has 1 aromatic rings. The van der Waals surface area contributed by atoms with E-state index in [0.717, 1.165) is 31.9 Å². The fraction of sp³-hybridized carbons (Fsp3) is 0.652. The maximum Gasteiger partial charge on any atom is 0.387 e. The Labute approximate surface area is 188 Å². The Morgan fingerprint density at radius 3 is 2.47 bits per heavy atom. The molecule has 0 spiro atoms. The molecule has 0 aromatic carbocycles. The van der Waals surface area contributed by atoms with Crippen LogP contribution in [0.25, 0.3) is 5.70 Å². The molecule has 2 unspecified atom stereocenters. The van der Waals surface area contributed by atoms with Gasteiger partial charge in [-0.15, -0.1) is 0 Å². The second-order valence-corrected chi connectivity index (χ2v) is 9.55. The zero-order valence-electron chi connectivity index (χ0n) is 19.0. The minimum absolute atomic E-state index is 0.0930.